The van der Waals surface area contributed by atoms with Gasteiger partial charge in [0, 0.05) is 6.07 Å². The van der Waals surface area contributed by atoms with Gasteiger partial charge >= 0.3 is 0 Å². The van der Waals surface area contributed by atoms with Crippen molar-refractivity contribution in [1.29, 1.82) is 0 Å². The summed E-state index contributed by atoms with van der Waals surface area (Å²) in [5.41, 5.74) is 2.95. The highest BCUT2D eigenvalue weighted by Gasteiger charge is 2.34. The highest BCUT2D eigenvalue weighted by molar-refractivity contribution is 8.27. The van der Waals surface area contributed by atoms with Crippen LogP contribution in [0.4, 0.5) is 5.69 Å². The number of fused-ring (bicyclic) bond motifs is 1. The van der Waals surface area contributed by atoms with E-state index in [0.717, 1.165) is 12.0 Å². The molecule has 25 heavy (non-hydrogen) atoms. The lowest BCUT2D eigenvalue weighted by molar-refractivity contribution is -0.113. The van der Waals surface area contributed by atoms with Crippen LogP contribution in [-0.4, -0.2) is 17.0 Å². The zero-order chi connectivity index (χ0) is 17.4. The molecular weight excluding hydrogens is 354 g/mol. The number of thioether (sulfide) groups is 1. The molecule has 4 rings (SSSR count). The Morgan fingerprint density at radius 3 is 2.68 bits per heavy atom. The first kappa shape index (κ1) is 16.2. The second kappa shape index (κ2) is 6.54. The summed E-state index contributed by atoms with van der Waals surface area (Å²) in [5.74, 6) is 1.19. The normalized spacial score (nSPS) is 17.6. The predicted molar refractivity (Wildman–Crippen MR) is 104 cm³/mol. The number of nitrogens with zero attached hydrogens (tertiary/aromatic N) is 1. The molecule has 2 aliphatic rings. The SMILES string of the molecule is CCc1ccc(/C=C2\SC(=S)N(c3ccc4c(c3)OCO4)C2=O)cc1. The van der Waals surface area contributed by atoms with Gasteiger partial charge in [-0.25, -0.2) is 0 Å². The number of anilines is 1. The van der Waals surface area contributed by atoms with Gasteiger partial charge in [-0.2, -0.15) is 0 Å². The highest BCUT2D eigenvalue weighted by Crippen LogP contribution is 2.40. The van der Waals surface area contributed by atoms with Crippen molar-refractivity contribution in [3.63, 3.8) is 0 Å². The second-order valence-corrected chi connectivity index (χ2v) is 7.33. The van der Waals surface area contributed by atoms with E-state index in [1.54, 1.807) is 12.1 Å². The van der Waals surface area contributed by atoms with E-state index in [1.807, 2.05) is 24.3 Å². The minimum Gasteiger partial charge on any atom is -0.454 e. The lowest BCUT2D eigenvalue weighted by Gasteiger charge is -2.14. The maximum atomic E-state index is 12.8. The Kier molecular flexibility index (Phi) is 4.23. The standard InChI is InChI=1S/C19H15NO3S2/c1-2-12-3-5-13(6-4-12)9-17-18(21)20(19(24)25-17)14-7-8-15-16(10-14)23-11-22-15/h3-10H,2,11H2,1H3/b17-9-. The molecule has 0 spiro atoms. The molecule has 1 fully saturated rings. The first-order valence-electron chi connectivity index (χ1n) is 7.92. The van der Waals surface area contributed by atoms with Crippen LogP contribution in [0.15, 0.2) is 47.4 Å². The van der Waals surface area contributed by atoms with Crippen LogP contribution in [0.1, 0.15) is 18.1 Å². The van der Waals surface area contributed by atoms with Crippen LogP contribution < -0.4 is 14.4 Å². The molecule has 2 aromatic carbocycles. The van der Waals surface area contributed by atoms with Crippen molar-refractivity contribution >= 4 is 46.0 Å². The average molecular weight is 369 g/mol. The Hall–Kier alpha value is -2.31. The maximum Gasteiger partial charge on any atom is 0.270 e. The first-order chi connectivity index (χ1) is 12.2. The molecule has 126 valence electrons. The van der Waals surface area contributed by atoms with Crippen LogP contribution in [-0.2, 0) is 11.2 Å². The van der Waals surface area contributed by atoms with Gasteiger partial charge in [-0.05, 0) is 35.8 Å². The number of aryl methyl sites for hydroxylation is 1. The predicted octanol–water partition coefficient (Wildman–Crippen LogP) is 4.38. The largest absolute Gasteiger partial charge is 0.454 e. The van der Waals surface area contributed by atoms with Crippen molar-refractivity contribution in [2.75, 3.05) is 11.7 Å². The van der Waals surface area contributed by atoms with Gasteiger partial charge in [-0.1, -0.05) is 55.2 Å². The van der Waals surface area contributed by atoms with Crippen molar-refractivity contribution < 1.29 is 14.3 Å². The van der Waals surface area contributed by atoms with Crippen LogP contribution >= 0.6 is 24.0 Å². The summed E-state index contributed by atoms with van der Waals surface area (Å²) in [6.07, 6.45) is 2.87. The lowest BCUT2D eigenvalue weighted by Crippen LogP contribution is -2.27. The molecule has 0 radical (unpaired) electrons. The third kappa shape index (κ3) is 3.03. The molecule has 0 aliphatic carbocycles. The third-order valence-corrected chi connectivity index (χ3v) is 5.40. The summed E-state index contributed by atoms with van der Waals surface area (Å²) in [4.78, 5) is 15.0. The number of carbonyl (C=O) groups excluding carboxylic acids is 1. The first-order valence-corrected chi connectivity index (χ1v) is 9.15. The van der Waals surface area contributed by atoms with E-state index >= 15 is 0 Å². The van der Waals surface area contributed by atoms with Crippen molar-refractivity contribution in [3.05, 3.63) is 58.5 Å². The molecule has 2 aromatic rings. The molecule has 1 saturated heterocycles. The molecule has 6 heteroatoms. The van der Waals surface area contributed by atoms with E-state index in [-0.39, 0.29) is 12.7 Å². The Morgan fingerprint density at radius 1 is 1.16 bits per heavy atom. The van der Waals surface area contributed by atoms with Gasteiger partial charge in [0.1, 0.15) is 0 Å². The molecule has 0 aromatic heterocycles. The van der Waals surface area contributed by atoms with Crippen LogP contribution in [0.2, 0.25) is 0 Å². The van der Waals surface area contributed by atoms with Gasteiger partial charge in [-0.3, -0.25) is 9.69 Å². The fraction of sp³-hybridized carbons (Fsp3) is 0.158. The molecule has 0 N–H and O–H groups in total. The number of benzene rings is 2. The van der Waals surface area contributed by atoms with E-state index in [4.69, 9.17) is 21.7 Å². The van der Waals surface area contributed by atoms with Crippen molar-refractivity contribution in [2.45, 2.75) is 13.3 Å². The number of rotatable bonds is 3. The zero-order valence-corrected chi connectivity index (χ0v) is 15.2. The Balaban J connectivity index is 1.62. The Labute approximate surface area is 155 Å². The Bertz CT molecular complexity index is 890. The van der Waals surface area contributed by atoms with Crippen LogP contribution in [0.3, 0.4) is 0 Å². The van der Waals surface area contributed by atoms with E-state index in [1.165, 1.54) is 22.2 Å². The summed E-state index contributed by atoms with van der Waals surface area (Å²) in [5, 5.41) is 0. The number of amides is 1. The summed E-state index contributed by atoms with van der Waals surface area (Å²) in [6, 6.07) is 13.6. The lowest BCUT2D eigenvalue weighted by atomic mass is 10.1. The molecule has 0 saturated carbocycles. The van der Waals surface area contributed by atoms with Crippen molar-refractivity contribution in [1.82, 2.24) is 0 Å². The highest BCUT2D eigenvalue weighted by atomic mass is 32.2. The van der Waals surface area contributed by atoms with Gasteiger partial charge < -0.3 is 9.47 Å². The summed E-state index contributed by atoms with van der Waals surface area (Å²) < 4.78 is 11.2. The maximum absolute atomic E-state index is 12.8. The van der Waals surface area contributed by atoms with E-state index in [9.17, 15) is 4.79 Å². The second-order valence-electron chi connectivity index (χ2n) is 5.65. The smallest absolute Gasteiger partial charge is 0.270 e. The number of ether oxygens (including phenoxy) is 2. The molecule has 0 unspecified atom stereocenters. The fourth-order valence-electron chi connectivity index (χ4n) is 2.72. The van der Waals surface area contributed by atoms with Crippen LogP contribution in [0, 0.1) is 0 Å². The number of thiocarbonyl (C=S) groups is 1. The summed E-state index contributed by atoms with van der Waals surface area (Å²) >= 11 is 6.73. The van der Waals surface area contributed by atoms with Gasteiger partial charge in [0.15, 0.2) is 15.8 Å². The number of carbonyl (C=O) groups is 1. The minimum atomic E-state index is -0.117. The quantitative estimate of drug-likeness (QED) is 0.593. The number of hydrogen-bond donors (Lipinski definition) is 0. The topological polar surface area (TPSA) is 38.8 Å². The third-order valence-electron chi connectivity index (χ3n) is 4.09. The Morgan fingerprint density at radius 2 is 1.92 bits per heavy atom. The summed E-state index contributed by atoms with van der Waals surface area (Å²) in [7, 11) is 0. The van der Waals surface area contributed by atoms with Crippen molar-refractivity contribution in [3.8, 4) is 11.5 Å². The van der Waals surface area contributed by atoms with E-state index in [2.05, 4.69) is 19.1 Å². The molecule has 4 nitrogen and oxygen atoms in total. The van der Waals surface area contributed by atoms with Crippen molar-refractivity contribution in [2.24, 2.45) is 0 Å². The van der Waals surface area contributed by atoms with Crippen LogP contribution in [0.25, 0.3) is 6.08 Å². The molecule has 0 bridgehead atoms. The van der Waals surface area contributed by atoms with Gasteiger partial charge in [-0.15, -0.1) is 0 Å². The molecular formula is C19H15NO3S2. The molecule has 0 atom stereocenters. The number of hydrogen-bond acceptors (Lipinski definition) is 5. The van der Waals surface area contributed by atoms with E-state index in [0.29, 0.717) is 26.4 Å². The van der Waals surface area contributed by atoms with Gasteiger partial charge in [0.05, 0.1) is 10.6 Å². The zero-order valence-electron chi connectivity index (χ0n) is 13.5. The van der Waals surface area contributed by atoms with Gasteiger partial charge in [0.25, 0.3) is 5.91 Å². The molecule has 2 heterocycles. The minimum absolute atomic E-state index is 0.117. The molecule has 2 aliphatic heterocycles. The molecule has 1 amide bonds. The van der Waals surface area contributed by atoms with E-state index < -0.39 is 0 Å². The van der Waals surface area contributed by atoms with Gasteiger partial charge in [0.2, 0.25) is 6.79 Å². The summed E-state index contributed by atoms with van der Waals surface area (Å²) in [6.45, 7) is 2.32. The fourth-order valence-corrected chi connectivity index (χ4v) is 4.01. The van der Waals surface area contributed by atoms with Crippen LogP contribution in [0.5, 0.6) is 11.5 Å². The monoisotopic (exact) mass is 369 g/mol. The average Bonchev–Trinajstić information content (AvgIpc) is 3.19.